The second-order valence-corrected chi connectivity index (χ2v) is 6.98. The molecule has 0 amide bonds. The predicted molar refractivity (Wildman–Crippen MR) is 102 cm³/mol. The first-order valence-corrected chi connectivity index (χ1v) is 9.00. The van der Waals surface area contributed by atoms with E-state index in [0.717, 1.165) is 18.4 Å². The minimum atomic E-state index is -0.577. The molecule has 2 aromatic rings. The number of halogens is 1. The van der Waals surface area contributed by atoms with Gasteiger partial charge in [-0.1, -0.05) is 37.6 Å². The van der Waals surface area contributed by atoms with Crippen molar-refractivity contribution in [2.45, 2.75) is 33.6 Å². The van der Waals surface area contributed by atoms with Crippen LogP contribution in [-0.2, 0) is 4.74 Å². The monoisotopic (exact) mass is 374 g/mol. The van der Waals surface area contributed by atoms with Crippen molar-refractivity contribution < 1.29 is 19.1 Å². The van der Waals surface area contributed by atoms with E-state index >= 15 is 0 Å². The summed E-state index contributed by atoms with van der Waals surface area (Å²) >= 11 is 6.05. The smallest absolute Gasteiger partial charge is 0.343 e. The van der Waals surface area contributed by atoms with E-state index in [1.54, 1.807) is 30.3 Å². The molecule has 0 fully saturated rings. The van der Waals surface area contributed by atoms with Gasteiger partial charge in [-0.25, -0.2) is 9.59 Å². The van der Waals surface area contributed by atoms with Gasteiger partial charge in [-0.2, -0.15) is 0 Å². The lowest BCUT2D eigenvalue weighted by Crippen LogP contribution is -2.12. The van der Waals surface area contributed by atoms with E-state index in [4.69, 9.17) is 21.1 Å². The normalized spacial score (nSPS) is 10.7. The summed E-state index contributed by atoms with van der Waals surface area (Å²) in [7, 11) is 0. The van der Waals surface area contributed by atoms with Crippen LogP contribution in [0.2, 0.25) is 5.02 Å². The van der Waals surface area contributed by atoms with Crippen LogP contribution in [0.4, 0.5) is 0 Å². The fourth-order valence-electron chi connectivity index (χ4n) is 2.36. The topological polar surface area (TPSA) is 52.6 Å². The summed E-state index contributed by atoms with van der Waals surface area (Å²) in [5, 5.41) is 0.352. The number of hydrogen-bond acceptors (Lipinski definition) is 4. The molecule has 2 aromatic carbocycles. The van der Waals surface area contributed by atoms with E-state index in [0.29, 0.717) is 28.9 Å². The molecule has 0 aliphatic carbocycles. The summed E-state index contributed by atoms with van der Waals surface area (Å²) in [4.78, 5) is 24.5. The van der Waals surface area contributed by atoms with E-state index < -0.39 is 11.9 Å². The highest BCUT2D eigenvalue weighted by Gasteiger charge is 2.15. The van der Waals surface area contributed by atoms with Gasteiger partial charge in [-0.05, 0) is 61.6 Å². The molecule has 0 unspecified atom stereocenters. The third-order valence-corrected chi connectivity index (χ3v) is 4.09. The highest BCUT2D eigenvalue weighted by molar-refractivity contribution is 6.32. The summed E-state index contributed by atoms with van der Waals surface area (Å²) in [5.41, 5.74) is 1.51. The molecule has 0 bridgehead atoms. The lowest BCUT2D eigenvalue weighted by atomic mass is 10.1. The Morgan fingerprint density at radius 3 is 2.42 bits per heavy atom. The minimum Gasteiger partial charge on any atom is -0.462 e. The molecule has 0 radical (unpaired) electrons. The van der Waals surface area contributed by atoms with Crippen LogP contribution in [0, 0.1) is 12.8 Å². The molecule has 0 N–H and O–H groups in total. The molecular weight excluding hydrogens is 352 g/mol. The average Bonchev–Trinajstić information content (AvgIpc) is 2.61. The zero-order valence-corrected chi connectivity index (χ0v) is 16.0. The lowest BCUT2D eigenvalue weighted by Gasteiger charge is -2.09. The molecule has 26 heavy (non-hydrogen) atoms. The number of carbonyl (C=O) groups is 2. The summed E-state index contributed by atoms with van der Waals surface area (Å²) in [6, 6.07) is 11.5. The average molecular weight is 375 g/mol. The minimum absolute atomic E-state index is 0.263. The summed E-state index contributed by atoms with van der Waals surface area (Å²) in [6.45, 7) is 6.49. The fourth-order valence-corrected chi connectivity index (χ4v) is 2.52. The van der Waals surface area contributed by atoms with Gasteiger partial charge in [0.25, 0.3) is 0 Å². The molecule has 0 spiro atoms. The first kappa shape index (κ1) is 20.0. The molecule has 0 aliphatic heterocycles. The van der Waals surface area contributed by atoms with Crippen molar-refractivity contribution in [2.24, 2.45) is 5.92 Å². The van der Waals surface area contributed by atoms with E-state index in [2.05, 4.69) is 13.8 Å². The van der Waals surface area contributed by atoms with E-state index in [9.17, 15) is 9.59 Å². The molecule has 138 valence electrons. The van der Waals surface area contributed by atoms with Crippen molar-refractivity contribution in [3.8, 4) is 5.75 Å². The van der Waals surface area contributed by atoms with Crippen LogP contribution < -0.4 is 4.74 Å². The first-order valence-electron chi connectivity index (χ1n) is 8.62. The number of aryl methyl sites for hydroxylation is 1. The fraction of sp³-hybridized carbons (Fsp3) is 0.333. The summed E-state index contributed by atoms with van der Waals surface area (Å²) in [5.74, 6) is -0.164. The Kier molecular flexibility index (Phi) is 7.22. The van der Waals surface area contributed by atoms with E-state index in [1.165, 1.54) is 6.07 Å². The van der Waals surface area contributed by atoms with Crippen LogP contribution in [-0.4, -0.2) is 18.5 Å². The largest absolute Gasteiger partial charge is 0.462 e. The predicted octanol–water partition coefficient (Wildman–Crippen LogP) is 5.46. The zero-order chi connectivity index (χ0) is 19.1. The van der Waals surface area contributed by atoms with Crippen molar-refractivity contribution in [1.82, 2.24) is 0 Å². The Labute approximate surface area is 159 Å². The molecule has 0 atom stereocenters. The summed E-state index contributed by atoms with van der Waals surface area (Å²) < 4.78 is 10.6. The van der Waals surface area contributed by atoms with Crippen molar-refractivity contribution >= 4 is 23.5 Å². The van der Waals surface area contributed by atoms with Gasteiger partial charge in [0.1, 0.15) is 5.75 Å². The van der Waals surface area contributed by atoms with Crippen LogP contribution in [0.1, 0.15) is 53.0 Å². The Balaban J connectivity index is 2.02. The Morgan fingerprint density at radius 1 is 1.04 bits per heavy atom. The van der Waals surface area contributed by atoms with Crippen molar-refractivity contribution in [3.63, 3.8) is 0 Å². The molecule has 0 saturated heterocycles. The zero-order valence-electron chi connectivity index (χ0n) is 15.3. The number of benzene rings is 2. The van der Waals surface area contributed by atoms with Gasteiger partial charge in [0.2, 0.25) is 0 Å². The molecule has 4 nitrogen and oxygen atoms in total. The van der Waals surface area contributed by atoms with Gasteiger partial charge >= 0.3 is 11.9 Å². The molecule has 0 aromatic heterocycles. The maximum Gasteiger partial charge on any atom is 0.343 e. The standard InChI is InChI=1S/C21H23ClO4/c1-14(2)6-5-11-25-20(23)16-7-4-8-17(13-16)21(24)26-19-12-15(3)9-10-18(19)22/h4,7-10,12-14H,5-6,11H2,1-3H3. The van der Waals surface area contributed by atoms with Crippen LogP contribution in [0.25, 0.3) is 0 Å². The maximum atomic E-state index is 12.4. The second-order valence-electron chi connectivity index (χ2n) is 6.58. The molecular formula is C21H23ClO4. The van der Waals surface area contributed by atoms with Gasteiger partial charge < -0.3 is 9.47 Å². The Hall–Kier alpha value is -2.33. The van der Waals surface area contributed by atoms with Crippen LogP contribution >= 0.6 is 11.6 Å². The SMILES string of the molecule is Cc1ccc(Cl)c(OC(=O)c2cccc(C(=O)OCCCC(C)C)c2)c1. The van der Waals surface area contributed by atoms with Crippen molar-refractivity contribution in [1.29, 1.82) is 0 Å². The van der Waals surface area contributed by atoms with Gasteiger partial charge in [-0.15, -0.1) is 0 Å². The third-order valence-electron chi connectivity index (χ3n) is 3.78. The van der Waals surface area contributed by atoms with Gasteiger partial charge in [0.15, 0.2) is 0 Å². The lowest BCUT2D eigenvalue weighted by molar-refractivity contribution is 0.0494. The molecule has 5 heteroatoms. The van der Waals surface area contributed by atoms with Crippen LogP contribution in [0.5, 0.6) is 5.75 Å². The van der Waals surface area contributed by atoms with Gasteiger partial charge in [-0.3, -0.25) is 0 Å². The quantitative estimate of drug-likeness (QED) is 0.367. The highest BCUT2D eigenvalue weighted by Crippen LogP contribution is 2.26. The van der Waals surface area contributed by atoms with E-state index in [-0.39, 0.29) is 5.56 Å². The second kappa shape index (κ2) is 9.39. The Morgan fingerprint density at radius 2 is 1.73 bits per heavy atom. The molecule has 0 saturated carbocycles. The Bertz CT molecular complexity index is 783. The number of esters is 2. The van der Waals surface area contributed by atoms with Crippen LogP contribution in [0.15, 0.2) is 42.5 Å². The number of hydrogen-bond donors (Lipinski definition) is 0. The number of ether oxygens (including phenoxy) is 2. The molecule has 0 heterocycles. The van der Waals surface area contributed by atoms with Crippen molar-refractivity contribution in [3.05, 3.63) is 64.2 Å². The maximum absolute atomic E-state index is 12.4. The molecule has 2 rings (SSSR count). The number of rotatable bonds is 7. The molecule has 0 aliphatic rings. The summed E-state index contributed by atoms with van der Waals surface area (Å²) in [6.07, 6.45) is 1.81. The number of carbonyl (C=O) groups excluding carboxylic acids is 2. The first-order chi connectivity index (χ1) is 12.4. The van der Waals surface area contributed by atoms with Gasteiger partial charge in [0, 0.05) is 0 Å². The van der Waals surface area contributed by atoms with E-state index in [1.807, 2.05) is 13.0 Å². The van der Waals surface area contributed by atoms with Crippen molar-refractivity contribution in [2.75, 3.05) is 6.61 Å². The van der Waals surface area contributed by atoms with Gasteiger partial charge in [0.05, 0.1) is 22.8 Å². The highest BCUT2D eigenvalue weighted by atomic mass is 35.5. The van der Waals surface area contributed by atoms with Crippen LogP contribution in [0.3, 0.4) is 0 Å². The third kappa shape index (κ3) is 5.88.